The first-order chi connectivity index (χ1) is 15.2. The number of ether oxygens (including phenoxy) is 1. The van der Waals surface area contributed by atoms with Crippen LogP contribution in [0.25, 0.3) is 0 Å². The average molecular weight is 491 g/mol. The summed E-state index contributed by atoms with van der Waals surface area (Å²) in [5.41, 5.74) is -5.24. The molecule has 0 saturated carbocycles. The van der Waals surface area contributed by atoms with E-state index in [0.717, 1.165) is 22.3 Å². The summed E-state index contributed by atoms with van der Waals surface area (Å²) in [7, 11) is 0. The van der Waals surface area contributed by atoms with E-state index in [1.807, 2.05) is 39.0 Å². The molecule has 0 saturated heterocycles. The van der Waals surface area contributed by atoms with E-state index < -0.39 is 28.9 Å². The molecular formula is C23H23F6NO2S. The molecule has 0 amide bonds. The van der Waals surface area contributed by atoms with Crippen LogP contribution in [0.3, 0.4) is 0 Å². The molecule has 3 nitrogen and oxygen atoms in total. The van der Waals surface area contributed by atoms with Crippen molar-refractivity contribution in [3.05, 3.63) is 53.1 Å². The van der Waals surface area contributed by atoms with Crippen LogP contribution in [-0.4, -0.2) is 29.8 Å². The van der Waals surface area contributed by atoms with E-state index in [9.17, 15) is 31.4 Å². The van der Waals surface area contributed by atoms with Crippen LogP contribution in [0.2, 0.25) is 0 Å². The Bertz CT molecular complexity index is 1050. The smallest absolute Gasteiger partial charge is 0.430 e. The van der Waals surface area contributed by atoms with Crippen LogP contribution in [0.5, 0.6) is 5.75 Å². The molecule has 2 aliphatic heterocycles. The van der Waals surface area contributed by atoms with E-state index in [4.69, 9.17) is 4.74 Å². The number of hydrogen-bond acceptors (Lipinski definition) is 4. The number of thioether (sulfide) groups is 1. The molecule has 2 aromatic carbocycles. The first-order valence-corrected chi connectivity index (χ1v) is 11.4. The Hall–Kier alpha value is -2.07. The average Bonchev–Trinajstić information content (AvgIpc) is 2.72. The van der Waals surface area contributed by atoms with Crippen LogP contribution < -0.4 is 10.1 Å². The molecule has 0 bridgehead atoms. The van der Waals surface area contributed by atoms with E-state index in [1.165, 1.54) is 6.07 Å². The quantitative estimate of drug-likeness (QED) is 0.477. The summed E-state index contributed by atoms with van der Waals surface area (Å²) in [6.45, 7) is 6.00. The van der Waals surface area contributed by atoms with E-state index in [-0.39, 0.29) is 12.0 Å². The molecule has 2 aromatic rings. The highest BCUT2D eigenvalue weighted by Gasteiger charge is 2.71. The van der Waals surface area contributed by atoms with Crippen molar-refractivity contribution < 1.29 is 36.2 Å². The second-order valence-electron chi connectivity index (χ2n) is 8.83. The highest BCUT2D eigenvalue weighted by Crippen LogP contribution is 2.57. The molecule has 0 aliphatic carbocycles. The topological polar surface area (TPSA) is 41.5 Å². The van der Waals surface area contributed by atoms with Gasteiger partial charge in [0.25, 0.3) is 5.60 Å². The fourth-order valence-corrected chi connectivity index (χ4v) is 6.36. The minimum atomic E-state index is -5.93. The van der Waals surface area contributed by atoms with Gasteiger partial charge in [-0.15, -0.1) is 11.8 Å². The standard InChI is InChI=1S/C23H23F6NO2S/c1-4-32-17-7-5-6-13-18-15(11-33-19(13)17)20(2,3)14-10-12(8-9-16(14)30-18)21(31,22(24,25)26)23(27,28)29/h5-10,15,18,30-31H,4,11H2,1-3H3. The molecule has 2 aliphatic rings. The maximum Gasteiger partial charge on any atom is 0.430 e. The van der Waals surface area contributed by atoms with Crippen molar-refractivity contribution in [1.82, 2.24) is 0 Å². The van der Waals surface area contributed by atoms with Gasteiger partial charge in [-0.25, -0.2) is 0 Å². The minimum Gasteiger partial charge on any atom is -0.493 e. The second kappa shape index (κ2) is 7.73. The number of hydrogen-bond donors (Lipinski definition) is 2. The lowest BCUT2D eigenvalue weighted by molar-refractivity contribution is -0.376. The van der Waals surface area contributed by atoms with Gasteiger partial charge in [-0.1, -0.05) is 32.0 Å². The lowest BCUT2D eigenvalue weighted by atomic mass is 9.65. The van der Waals surface area contributed by atoms with Crippen LogP contribution >= 0.6 is 11.8 Å². The number of nitrogens with one attached hydrogen (secondary N) is 1. The van der Waals surface area contributed by atoms with Crippen molar-refractivity contribution in [3.63, 3.8) is 0 Å². The zero-order valence-corrected chi connectivity index (χ0v) is 18.9. The van der Waals surface area contributed by atoms with Gasteiger partial charge in [-0.05, 0) is 41.7 Å². The predicted molar refractivity (Wildman–Crippen MR) is 114 cm³/mol. The van der Waals surface area contributed by atoms with Gasteiger partial charge in [0, 0.05) is 22.9 Å². The van der Waals surface area contributed by atoms with Crippen LogP contribution in [0.15, 0.2) is 41.3 Å². The van der Waals surface area contributed by atoms with Crippen molar-refractivity contribution in [2.75, 3.05) is 17.7 Å². The first kappa shape index (κ1) is 24.1. The third-order valence-electron chi connectivity index (χ3n) is 6.64. The maximum absolute atomic E-state index is 13.4. The van der Waals surface area contributed by atoms with Crippen molar-refractivity contribution >= 4 is 17.4 Å². The van der Waals surface area contributed by atoms with E-state index in [1.54, 1.807) is 11.8 Å². The Morgan fingerprint density at radius 1 is 1.09 bits per heavy atom. The summed E-state index contributed by atoms with van der Waals surface area (Å²) in [6, 6.07) is 8.23. The number of fused-ring (bicyclic) bond motifs is 4. The molecule has 0 spiro atoms. The lowest BCUT2D eigenvalue weighted by Crippen LogP contribution is -2.54. The number of rotatable bonds is 3. The third kappa shape index (κ3) is 3.56. The number of halogens is 6. The number of anilines is 1. The minimum absolute atomic E-state index is 0.125. The van der Waals surface area contributed by atoms with Crippen molar-refractivity contribution in [3.8, 4) is 5.75 Å². The van der Waals surface area contributed by atoms with Gasteiger partial charge in [-0.2, -0.15) is 26.3 Å². The Morgan fingerprint density at radius 2 is 1.76 bits per heavy atom. The zero-order chi connectivity index (χ0) is 24.4. The SMILES string of the molecule is CCOc1cccc2c1SCC1C2Nc2ccc(C(O)(C(F)(F)F)C(F)(F)F)cc2C1(C)C. The highest BCUT2D eigenvalue weighted by molar-refractivity contribution is 7.99. The summed E-state index contributed by atoms with van der Waals surface area (Å²) >= 11 is 1.56. The van der Waals surface area contributed by atoms with Crippen LogP contribution in [-0.2, 0) is 11.0 Å². The lowest BCUT2D eigenvalue weighted by Gasteiger charge is -2.49. The Morgan fingerprint density at radius 3 is 2.36 bits per heavy atom. The molecule has 10 heteroatoms. The van der Waals surface area contributed by atoms with Gasteiger partial charge in [0.15, 0.2) is 0 Å². The Labute approximate surface area is 191 Å². The summed E-state index contributed by atoms with van der Waals surface area (Å²) < 4.78 is 86.4. The van der Waals surface area contributed by atoms with Crippen molar-refractivity contribution in [2.45, 2.75) is 55.1 Å². The normalized spacial score (nSPS) is 22.0. The zero-order valence-electron chi connectivity index (χ0n) is 18.1. The Kier molecular flexibility index (Phi) is 5.64. The van der Waals surface area contributed by atoms with Gasteiger partial charge in [0.1, 0.15) is 5.75 Å². The van der Waals surface area contributed by atoms with Gasteiger partial charge >= 0.3 is 12.4 Å². The molecular weight excluding hydrogens is 468 g/mol. The maximum atomic E-state index is 13.4. The van der Waals surface area contributed by atoms with Crippen molar-refractivity contribution in [1.29, 1.82) is 0 Å². The molecule has 2 atom stereocenters. The van der Waals surface area contributed by atoms with Gasteiger partial charge < -0.3 is 15.2 Å². The number of alkyl halides is 6. The van der Waals surface area contributed by atoms with E-state index >= 15 is 0 Å². The van der Waals surface area contributed by atoms with E-state index in [0.29, 0.717) is 29.7 Å². The fraction of sp³-hybridized carbons (Fsp3) is 0.478. The van der Waals surface area contributed by atoms with Crippen molar-refractivity contribution in [2.24, 2.45) is 5.92 Å². The monoisotopic (exact) mass is 491 g/mol. The highest BCUT2D eigenvalue weighted by atomic mass is 32.2. The van der Waals surface area contributed by atoms with Gasteiger partial charge in [0.2, 0.25) is 0 Å². The molecule has 0 fully saturated rings. The second-order valence-corrected chi connectivity index (χ2v) is 9.87. The largest absolute Gasteiger partial charge is 0.493 e. The summed E-state index contributed by atoms with van der Waals surface area (Å²) in [6.07, 6.45) is -11.9. The summed E-state index contributed by atoms with van der Waals surface area (Å²) in [4.78, 5) is 0.979. The van der Waals surface area contributed by atoms with E-state index in [2.05, 4.69) is 5.32 Å². The molecule has 2 heterocycles. The molecule has 4 rings (SSSR count). The van der Waals surface area contributed by atoms with Crippen LogP contribution in [0.4, 0.5) is 32.0 Å². The van der Waals surface area contributed by atoms with Crippen LogP contribution in [0, 0.1) is 5.92 Å². The molecule has 0 aromatic heterocycles. The molecule has 2 unspecified atom stereocenters. The van der Waals surface area contributed by atoms with Crippen LogP contribution in [0.1, 0.15) is 43.5 Å². The predicted octanol–water partition coefficient (Wildman–Crippen LogP) is 6.56. The van der Waals surface area contributed by atoms with Gasteiger partial charge in [-0.3, -0.25) is 0 Å². The molecule has 180 valence electrons. The fourth-order valence-electron chi connectivity index (χ4n) is 4.77. The summed E-state index contributed by atoms with van der Waals surface area (Å²) in [5.74, 6) is 1.22. The third-order valence-corrected chi connectivity index (χ3v) is 7.90. The molecule has 2 N–H and O–H groups in total. The number of aliphatic hydroxyl groups is 1. The first-order valence-electron chi connectivity index (χ1n) is 10.4. The van der Waals surface area contributed by atoms with Gasteiger partial charge in [0.05, 0.1) is 17.5 Å². The number of benzene rings is 2. The molecule has 0 radical (unpaired) electrons. The summed E-state index contributed by atoms with van der Waals surface area (Å²) in [5, 5.41) is 13.2. The Balaban J connectivity index is 1.83. The molecule has 33 heavy (non-hydrogen) atoms.